The Hall–Kier alpha value is -0.0400. The molecule has 0 radical (unpaired) electrons. The lowest BCUT2D eigenvalue weighted by atomic mass is 9.98. The highest BCUT2D eigenvalue weighted by atomic mass is 16.5. The second kappa shape index (κ2) is 4.27. The molecule has 1 rings (SSSR count). The van der Waals surface area contributed by atoms with E-state index in [0.717, 1.165) is 19.1 Å². The van der Waals surface area contributed by atoms with Crippen LogP contribution in [0.15, 0.2) is 0 Å². The first-order valence-electron chi connectivity index (χ1n) is 5.16. The maximum Gasteiger partial charge on any atom is 0.0514 e. The van der Waals surface area contributed by atoms with Crippen LogP contribution in [-0.2, 0) is 4.74 Å². The van der Waals surface area contributed by atoms with Crippen molar-refractivity contribution < 1.29 is 4.74 Å². The first-order chi connectivity index (χ1) is 5.58. The van der Waals surface area contributed by atoms with Crippen LogP contribution in [0.25, 0.3) is 0 Å². The number of rotatable bonds is 3. The van der Waals surface area contributed by atoms with E-state index < -0.39 is 0 Å². The van der Waals surface area contributed by atoms with Gasteiger partial charge in [-0.05, 0) is 24.2 Å². The molecule has 0 saturated heterocycles. The highest BCUT2D eigenvalue weighted by Crippen LogP contribution is 2.25. The monoisotopic (exact) mass is 170 g/mol. The van der Waals surface area contributed by atoms with Crippen molar-refractivity contribution in [1.82, 2.24) is 0 Å². The normalized spacial score (nSPS) is 20.2. The lowest BCUT2D eigenvalue weighted by molar-refractivity contribution is 0.0489. The zero-order chi connectivity index (χ0) is 9.03. The quantitative estimate of drug-likeness (QED) is 0.632. The van der Waals surface area contributed by atoms with E-state index in [2.05, 4.69) is 20.8 Å². The lowest BCUT2D eigenvalue weighted by Crippen LogP contribution is -2.17. The van der Waals surface area contributed by atoms with Gasteiger partial charge in [0.1, 0.15) is 0 Å². The second-order valence-corrected chi connectivity index (χ2v) is 5.23. The van der Waals surface area contributed by atoms with Crippen molar-refractivity contribution in [3.8, 4) is 0 Å². The highest BCUT2D eigenvalue weighted by molar-refractivity contribution is 4.67. The minimum atomic E-state index is 0.332. The molecule has 1 heteroatoms. The molecule has 0 aliphatic heterocycles. The second-order valence-electron chi connectivity index (χ2n) is 5.23. The molecule has 0 aromatic carbocycles. The Balaban J connectivity index is 2.02. The van der Waals surface area contributed by atoms with Crippen molar-refractivity contribution in [2.24, 2.45) is 11.3 Å². The van der Waals surface area contributed by atoms with E-state index in [4.69, 9.17) is 4.74 Å². The van der Waals surface area contributed by atoms with Crippen LogP contribution < -0.4 is 0 Å². The Kier molecular flexibility index (Phi) is 3.57. The SMILES string of the molecule is CC(C)(C)COCC1CCCC1. The smallest absolute Gasteiger partial charge is 0.0514 e. The Morgan fingerprint density at radius 2 is 1.75 bits per heavy atom. The fourth-order valence-electron chi connectivity index (χ4n) is 1.71. The summed E-state index contributed by atoms with van der Waals surface area (Å²) in [4.78, 5) is 0. The molecule has 1 nitrogen and oxygen atoms in total. The van der Waals surface area contributed by atoms with Crippen LogP contribution in [0.1, 0.15) is 46.5 Å². The van der Waals surface area contributed by atoms with Gasteiger partial charge in [-0.25, -0.2) is 0 Å². The summed E-state index contributed by atoms with van der Waals surface area (Å²) in [5.41, 5.74) is 0.332. The first kappa shape index (κ1) is 10.0. The predicted octanol–water partition coefficient (Wildman–Crippen LogP) is 3.24. The molecule has 1 saturated carbocycles. The van der Waals surface area contributed by atoms with Crippen LogP contribution in [0.2, 0.25) is 0 Å². The van der Waals surface area contributed by atoms with Crippen LogP contribution in [0, 0.1) is 11.3 Å². The summed E-state index contributed by atoms with van der Waals surface area (Å²) in [5.74, 6) is 0.868. The third-order valence-corrected chi connectivity index (χ3v) is 2.36. The summed E-state index contributed by atoms with van der Waals surface area (Å²) in [7, 11) is 0. The summed E-state index contributed by atoms with van der Waals surface area (Å²) >= 11 is 0. The van der Waals surface area contributed by atoms with Gasteiger partial charge in [-0.1, -0.05) is 33.6 Å². The summed E-state index contributed by atoms with van der Waals surface area (Å²) < 4.78 is 5.68. The van der Waals surface area contributed by atoms with Gasteiger partial charge < -0.3 is 4.74 Å². The van der Waals surface area contributed by atoms with Gasteiger partial charge in [0.25, 0.3) is 0 Å². The molecule has 0 amide bonds. The third-order valence-electron chi connectivity index (χ3n) is 2.36. The van der Waals surface area contributed by atoms with E-state index in [9.17, 15) is 0 Å². The Bertz CT molecular complexity index is 117. The van der Waals surface area contributed by atoms with Crippen molar-refractivity contribution in [2.45, 2.75) is 46.5 Å². The molecule has 0 aromatic heterocycles. The van der Waals surface area contributed by atoms with Crippen LogP contribution in [-0.4, -0.2) is 13.2 Å². The van der Waals surface area contributed by atoms with Gasteiger partial charge in [-0.3, -0.25) is 0 Å². The van der Waals surface area contributed by atoms with Gasteiger partial charge in [-0.2, -0.15) is 0 Å². The molecule has 12 heavy (non-hydrogen) atoms. The highest BCUT2D eigenvalue weighted by Gasteiger charge is 2.16. The summed E-state index contributed by atoms with van der Waals surface area (Å²) in [6.07, 6.45) is 5.63. The molecule has 0 heterocycles. The zero-order valence-electron chi connectivity index (χ0n) is 8.73. The van der Waals surface area contributed by atoms with Crippen LogP contribution >= 0.6 is 0 Å². The fourth-order valence-corrected chi connectivity index (χ4v) is 1.71. The molecule has 1 aliphatic carbocycles. The maximum atomic E-state index is 5.68. The number of hydrogen-bond donors (Lipinski definition) is 0. The van der Waals surface area contributed by atoms with Gasteiger partial charge in [0.15, 0.2) is 0 Å². The molecule has 1 fully saturated rings. The van der Waals surface area contributed by atoms with Crippen molar-refractivity contribution >= 4 is 0 Å². The molecule has 72 valence electrons. The molecule has 0 unspecified atom stereocenters. The maximum absolute atomic E-state index is 5.68. The molecule has 0 atom stereocenters. The van der Waals surface area contributed by atoms with Crippen molar-refractivity contribution in [2.75, 3.05) is 13.2 Å². The minimum absolute atomic E-state index is 0.332. The van der Waals surface area contributed by atoms with Gasteiger partial charge in [0.05, 0.1) is 6.61 Å². The topological polar surface area (TPSA) is 9.23 Å². The average Bonchev–Trinajstić information content (AvgIpc) is 2.36. The third kappa shape index (κ3) is 4.10. The summed E-state index contributed by atoms with van der Waals surface area (Å²) in [6.45, 7) is 8.58. The number of ether oxygens (including phenoxy) is 1. The van der Waals surface area contributed by atoms with Gasteiger partial charge in [0.2, 0.25) is 0 Å². The average molecular weight is 170 g/mol. The zero-order valence-corrected chi connectivity index (χ0v) is 8.73. The van der Waals surface area contributed by atoms with Crippen molar-refractivity contribution in [3.05, 3.63) is 0 Å². The molecule has 0 spiro atoms. The van der Waals surface area contributed by atoms with Crippen LogP contribution in [0.3, 0.4) is 0 Å². The van der Waals surface area contributed by atoms with Gasteiger partial charge >= 0.3 is 0 Å². The Morgan fingerprint density at radius 1 is 1.17 bits per heavy atom. The number of hydrogen-bond acceptors (Lipinski definition) is 1. The summed E-state index contributed by atoms with van der Waals surface area (Å²) in [6, 6.07) is 0. The predicted molar refractivity (Wildman–Crippen MR) is 52.2 cm³/mol. The van der Waals surface area contributed by atoms with E-state index in [-0.39, 0.29) is 0 Å². The van der Waals surface area contributed by atoms with E-state index >= 15 is 0 Å². The van der Waals surface area contributed by atoms with Gasteiger partial charge in [0, 0.05) is 6.61 Å². The summed E-state index contributed by atoms with van der Waals surface area (Å²) in [5, 5.41) is 0. The van der Waals surface area contributed by atoms with E-state index in [1.54, 1.807) is 0 Å². The molecular weight excluding hydrogens is 148 g/mol. The Morgan fingerprint density at radius 3 is 2.25 bits per heavy atom. The Labute approximate surface area is 76.5 Å². The molecule has 0 bridgehead atoms. The van der Waals surface area contributed by atoms with Crippen molar-refractivity contribution in [3.63, 3.8) is 0 Å². The van der Waals surface area contributed by atoms with Crippen LogP contribution in [0.4, 0.5) is 0 Å². The molecular formula is C11H22O. The lowest BCUT2D eigenvalue weighted by Gasteiger charge is -2.19. The molecule has 0 N–H and O–H groups in total. The molecule has 1 aliphatic rings. The minimum Gasteiger partial charge on any atom is -0.381 e. The largest absolute Gasteiger partial charge is 0.381 e. The fraction of sp³-hybridized carbons (Fsp3) is 1.00. The van der Waals surface area contributed by atoms with Crippen molar-refractivity contribution in [1.29, 1.82) is 0 Å². The first-order valence-corrected chi connectivity index (χ1v) is 5.16. The van der Waals surface area contributed by atoms with E-state index in [0.29, 0.717) is 5.41 Å². The van der Waals surface area contributed by atoms with Gasteiger partial charge in [-0.15, -0.1) is 0 Å². The molecule has 0 aromatic rings. The van der Waals surface area contributed by atoms with E-state index in [1.807, 2.05) is 0 Å². The van der Waals surface area contributed by atoms with E-state index in [1.165, 1.54) is 25.7 Å². The van der Waals surface area contributed by atoms with Crippen LogP contribution in [0.5, 0.6) is 0 Å². The standard InChI is InChI=1S/C11H22O/c1-11(2,3)9-12-8-10-6-4-5-7-10/h10H,4-9H2,1-3H3.